The van der Waals surface area contributed by atoms with Crippen LogP contribution >= 0.6 is 0 Å². The first-order valence-electron chi connectivity index (χ1n) is 11.9. The molecule has 1 aromatic carbocycles. The molecule has 1 aromatic rings. The summed E-state index contributed by atoms with van der Waals surface area (Å²) in [5.41, 5.74) is 1.89. The average molecular weight is 443 g/mol. The SMILES string of the molecule is O=C1CN2Cc3cc(OCCCC(=O)N(CCCCO)C4CCCCC4)ccc3N=C2N1. The van der Waals surface area contributed by atoms with Gasteiger partial charge in [0.2, 0.25) is 17.8 Å². The smallest absolute Gasteiger partial charge is 0.246 e. The molecule has 2 heterocycles. The highest BCUT2D eigenvalue weighted by Crippen LogP contribution is 2.30. The molecule has 0 unspecified atom stereocenters. The van der Waals surface area contributed by atoms with Crippen LogP contribution in [0.3, 0.4) is 0 Å². The van der Waals surface area contributed by atoms with Crippen molar-refractivity contribution in [3.05, 3.63) is 23.8 Å². The van der Waals surface area contributed by atoms with Gasteiger partial charge >= 0.3 is 0 Å². The van der Waals surface area contributed by atoms with Gasteiger partial charge in [0, 0.05) is 37.7 Å². The zero-order valence-corrected chi connectivity index (χ0v) is 18.7. The lowest BCUT2D eigenvalue weighted by molar-refractivity contribution is -0.134. The molecule has 2 N–H and O–H groups in total. The highest BCUT2D eigenvalue weighted by molar-refractivity contribution is 6.05. The number of hydrogen-bond donors (Lipinski definition) is 2. The van der Waals surface area contributed by atoms with Crippen LogP contribution < -0.4 is 10.1 Å². The lowest BCUT2D eigenvalue weighted by atomic mass is 9.93. The monoisotopic (exact) mass is 442 g/mol. The molecule has 2 aliphatic heterocycles. The third-order valence-corrected chi connectivity index (χ3v) is 6.47. The summed E-state index contributed by atoms with van der Waals surface area (Å²) >= 11 is 0. The van der Waals surface area contributed by atoms with Gasteiger partial charge in [-0.3, -0.25) is 14.9 Å². The molecule has 0 bridgehead atoms. The van der Waals surface area contributed by atoms with Gasteiger partial charge < -0.3 is 19.6 Å². The van der Waals surface area contributed by atoms with Crippen molar-refractivity contribution in [3.8, 4) is 5.75 Å². The maximum atomic E-state index is 12.9. The first-order valence-corrected chi connectivity index (χ1v) is 11.9. The van der Waals surface area contributed by atoms with Crippen LogP contribution in [0.2, 0.25) is 0 Å². The van der Waals surface area contributed by atoms with Crippen LogP contribution in [0.4, 0.5) is 5.69 Å². The Morgan fingerprint density at radius 1 is 1.19 bits per heavy atom. The summed E-state index contributed by atoms with van der Waals surface area (Å²) in [7, 11) is 0. The number of carbonyl (C=O) groups excluding carboxylic acids is 2. The van der Waals surface area contributed by atoms with Crippen molar-refractivity contribution in [2.24, 2.45) is 4.99 Å². The largest absolute Gasteiger partial charge is 0.494 e. The number of carbonyl (C=O) groups is 2. The molecule has 2 amide bonds. The van der Waals surface area contributed by atoms with Gasteiger partial charge in [0.05, 0.1) is 12.3 Å². The Kier molecular flexibility index (Phi) is 7.63. The van der Waals surface area contributed by atoms with Crippen LogP contribution in [0.5, 0.6) is 5.75 Å². The number of amides is 2. The van der Waals surface area contributed by atoms with Crippen molar-refractivity contribution in [3.63, 3.8) is 0 Å². The zero-order chi connectivity index (χ0) is 22.3. The number of unbranched alkanes of at least 4 members (excludes halogenated alkanes) is 1. The fourth-order valence-electron chi connectivity index (χ4n) is 4.78. The predicted octanol–water partition coefficient (Wildman–Crippen LogP) is 2.71. The molecule has 4 rings (SSSR count). The molecular formula is C24H34N4O4. The molecular weight excluding hydrogens is 408 g/mol. The summed E-state index contributed by atoms with van der Waals surface area (Å²) in [6, 6.07) is 6.13. The van der Waals surface area contributed by atoms with Gasteiger partial charge in [-0.05, 0) is 50.3 Å². The first kappa shape index (κ1) is 22.6. The van der Waals surface area contributed by atoms with E-state index in [9.17, 15) is 9.59 Å². The normalized spacial score (nSPS) is 18.0. The van der Waals surface area contributed by atoms with Crippen LogP contribution in [-0.2, 0) is 16.1 Å². The van der Waals surface area contributed by atoms with Crippen LogP contribution in [0, 0.1) is 0 Å². The number of nitrogens with zero attached hydrogens (tertiary/aromatic N) is 3. The average Bonchev–Trinajstić information content (AvgIpc) is 3.17. The Morgan fingerprint density at radius 3 is 2.84 bits per heavy atom. The molecule has 32 heavy (non-hydrogen) atoms. The number of guanidine groups is 1. The molecule has 2 fully saturated rings. The lowest BCUT2D eigenvalue weighted by Crippen LogP contribution is -2.42. The van der Waals surface area contributed by atoms with E-state index < -0.39 is 0 Å². The number of rotatable bonds is 10. The highest BCUT2D eigenvalue weighted by atomic mass is 16.5. The maximum Gasteiger partial charge on any atom is 0.246 e. The van der Waals surface area contributed by atoms with Crippen LogP contribution in [0.15, 0.2) is 23.2 Å². The second-order valence-corrected chi connectivity index (χ2v) is 8.89. The Hall–Kier alpha value is -2.61. The number of benzene rings is 1. The molecule has 1 aliphatic carbocycles. The van der Waals surface area contributed by atoms with E-state index in [4.69, 9.17) is 9.84 Å². The third kappa shape index (κ3) is 5.59. The quantitative estimate of drug-likeness (QED) is 0.544. The number of fused-ring (bicyclic) bond motifs is 2. The van der Waals surface area contributed by atoms with E-state index in [1.165, 1.54) is 19.3 Å². The number of aliphatic hydroxyl groups excluding tert-OH is 1. The van der Waals surface area contributed by atoms with E-state index in [1.807, 2.05) is 23.1 Å². The van der Waals surface area contributed by atoms with Gasteiger partial charge in [-0.2, -0.15) is 0 Å². The lowest BCUT2D eigenvalue weighted by Gasteiger charge is -2.34. The molecule has 1 saturated carbocycles. The van der Waals surface area contributed by atoms with Gasteiger partial charge in [-0.25, -0.2) is 4.99 Å². The minimum absolute atomic E-state index is 0.0312. The zero-order valence-electron chi connectivity index (χ0n) is 18.7. The maximum absolute atomic E-state index is 12.9. The van der Waals surface area contributed by atoms with Crippen molar-refractivity contribution in [1.29, 1.82) is 0 Å². The number of nitrogens with one attached hydrogen (secondary N) is 1. The summed E-state index contributed by atoms with van der Waals surface area (Å²) < 4.78 is 5.93. The fourth-order valence-corrected chi connectivity index (χ4v) is 4.78. The molecule has 8 nitrogen and oxygen atoms in total. The highest BCUT2D eigenvalue weighted by Gasteiger charge is 2.29. The van der Waals surface area contributed by atoms with Crippen LogP contribution in [0.1, 0.15) is 63.4 Å². The molecule has 0 radical (unpaired) electrons. The minimum atomic E-state index is -0.0312. The molecule has 8 heteroatoms. The van der Waals surface area contributed by atoms with Gasteiger partial charge in [-0.15, -0.1) is 0 Å². The summed E-state index contributed by atoms with van der Waals surface area (Å²) in [4.78, 5) is 33.0. The molecule has 174 valence electrons. The van der Waals surface area contributed by atoms with Crippen molar-refractivity contribution < 1.29 is 19.4 Å². The summed E-state index contributed by atoms with van der Waals surface area (Å²) in [5.74, 6) is 1.56. The second kappa shape index (κ2) is 10.8. The van der Waals surface area contributed by atoms with Gasteiger partial charge in [-0.1, -0.05) is 19.3 Å². The summed E-state index contributed by atoms with van der Waals surface area (Å²) in [6.07, 6.45) is 8.60. The fraction of sp³-hybridized carbons (Fsp3) is 0.625. The molecule has 0 atom stereocenters. The summed E-state index contributed by atoms with van der Waals surface area (Å²) in [5, 5.41) is 11.9. The number of hydrogen-bond acceptors (Lipinski definition) is 6. The Labute approximate surface area is 189 Å². The topological polar surface area (TPSA) is 94.5 Å². The Morgan fingerprint density at radius 2 is 2.03 bits per heavy atom. The predicted molar refractivity (Wildman–Crippen MR) is 122 cm³/mol. The summed E-state index contributed by atoms with van der Waals surface area (Å²) in [6.45, 7) is 2.37. The van der Waals surface area contributed by atoms with Crippen molar-refractivity contribution >= 4 is 23.5 Å². The molecule has 3 aliphatic rings. The molecule has 0 spiro atoms. The standard InChI is InChI=1S/C24H34N4O4/c29-13-5-4-12-28(19-7-2-1-3-8-19)23(31)9-6-14-32-20-10-11-21-18(15-20)16-27-17-22(30)26-24(27)25-21/h10-11,15,19,29H,1-9,12-14,16-17H2,(H,25,26,30). The Balaban J connectivity index is 1.26. The van der Waals surface area contributed by atoms with Gasteiger partial charge in [0.25, 0.3) is 0 Å². The van der Waals surface area contributed by atoms with Crippen molar-refractivity contribution in [2.75, 3.05) is 26.3 Å². The first-order chi connectivity index (χ1) is 15.6. The molecule has 1 saturated heterocycles. The third-order valence-electron chi connectivity index (χ3n) is 6.47. The van der Waals surface area contributed by atoms with Crippen LogP contribution in [0.25, 0.3) is 0 Å². The van der Waals surface area contributed by atoms with E-state index in [0.29, 0.717) is 44.5 Å². The number of aliphatic imine (C=N–C) groups is 1. The van der Waals surface area contributed by atoms with E-state index in [0.717, 1.165) is 49.2 Å². The van der Waals surface area contributed by atoms with Gasteiger partial charge in [0.15, 0.2) is 0 Å². The van der Waals surface area contributed by atoms with E-state index in [2.05, 4.69) is 15.2 Å². The van der Waals surface area contributed by atoms with E-state index >= 15 is 0 Å². The van der Waals surface area contributed by atoms with E-state index in [1.54, 1.807) is 0 Å². The number of aliphatic hydroxyl groups is 1. The number of ether oxygens (including phenoxy) is 1. The van der Waals surface area contributed by atoms with Gasteiger partial charge in [0.1, 0.15) is 12.3 Å². The minimum Gasteiger partial charge on any atom is -0.494 e. The Bertz CT molecular complexity index is 850. The van der Waals surface area contributed by atoms with Crippen LogP contribution in [-0.4, -0.2) is 65.0 Å². The van der Waals surface area contributed by atoms with Crippen molar-refractivity contribution in [2.45, 2.75) is 70.4 Å². The molecule has 0 aromatic heterocycles. The van der Waals surface area contributed by atoms with Crippen molar-refractivity contribution in [1.82, 2.24) is 15.1 Å². The van der Waals surface area contributed by atoms with E-state index in [-0.39, 0.29) is 18.4 Å². The second-order valence-electron chi connectivity index (χ2n) is 8.89.